The molecule has 0 bridgehead atoms. The summed E-state index contributed by atoms with van der Waals surface area (Å²) in [5.41, 5.74) is 4.60. The minimum Gasteiger partial charge on any atom is -0.330 e. The van der Waals surface area contributed by atoms with Gasteiger partial charge >= 0.3 is 0 Å². The van der Waals surface area contributed by atoms with E-state index in [4.69, 9.17) is 0 Å². The maximum Gasteiger partial charge on any atom is 0.258 e. The van der Waals surface area contributed by atoms with Gasteiger partial charge in [-0.1, -0.05) is 23.8 Å². The number of fused-ring (bicyclic) bond motifs is 1. The molecule has 0 spiro atoms. The Morgan fingerprint density at radius 1 is 1.25 bits per heavy atom. The molecular weight excluding hydrogens is 396 g/mol. The van der Waals surface area contributed by atoms with Crippen molar-refractivity contribution in [2.45, 2.75) is 13.8 Å². The molecule has 0 saturated heterocycles. The van der Waals surface area contributed by atoms with Crippen molar-refractivity contribution < 1.29 is 13.2 Å². The fourth-order valence-corrected chi connectivity index (χ4v) is 4.74. The molecule has 3 heterocycles. The zero-order valence-electron chi connectivity index (χ0n) is 15.3. The van der Waals surface area contributed by atoms with Crippen LogP contribution in [0.5, 0.6) is 0 Å². The highest BCUT2D eigenvalue weighted by atomic mass is 32.2. The van der Waals surface area contributed by atoms with Crippen molar-refractivity contribution in [1.82, 2.24) is 9.88 Å². The Morgan fingerprint density at radius 3 is 2.86 bits per heavy atom. The van der Waals surface area contributed by atoms with Gasteiger partial charge < -0.3 is 4.90 Å². The Balaban J connectivity index is 1.50. The van der Waals surface area contributed by atoms with E-state index in [0.717, 1.165) is 16.8 Å². The molecule has 7 nitrogen and oxygen atoms in total. The quantitative estimate of drug-likeness (QED) is 0.834. The molecule has 0 radical (unpaired) electrons. The molecule has 2 aromatic rings. The standard InChI is InChI=1S/C19H18N4O3S2/c1-12-3-5-15(13(2)9-12)16-11-27-19(20-16)21-18(24)14-4-6-17-22-28(25,26)8-7-23(17)10-14/h3-6,9-11H,7-8H2,1-2H3,(H,20,21,24). The van der Waals surface area contributed by atoms with E-state index in [0.29, 0.717) is 16.5 Å². The van der Waals surface area contributed by atoms with E-state index in [1.54, 1.807) is 17.2 Å². The fraction of sp³-hybridized carbons (Fsp3) is 0.211. The van der Waals surface area contributed by atoms with Gasteiger partial charge in [0.05, 0.1) is 17.0 Å². The largest absolute Gasteiger partial charge is 0.330 e. The first-order chi connectivity index (χ1) is 13.3. The smallest absolute Gasteiger partial charge is 0.258 e. The third kappa shape index (κ3) is 3.76. The Hall–Kier alpha value is -2.78. The topological polar surface area (TPSA) is 91.7 Å². The van der Waals surface area contributed by atoms with Gasteiger partial charge in [-0.05, 0) is 31.6 Å². The Kier molecular flexibility index (Phi) is 4.64. The number of carbonyl (C=O) groups excluding carboxylic acids is 1. The summed E-state index contributed by atoms with van der Waals surface area (Å²) >= 11 is 1.36. The van der Waals surface area contributed by atoms with Gasteiger partial charge in [0.2, 0.25) is 0 Å². The summed E-state index contributed by atoms with van der Waals surface area (Å²) in [7, 11) is -3.41. The van der Waals surface area contributed by atoms with E-state index in [9.17, 15) is 13.2 Å². The monoisotopic (exact) mass is 414 g/mol. The van der Waals surface area contributed by atoms with Crippen LogP contribution in [0.1, 0.15) is 11.1 Å². The number of nitrogens with one attached hydrogen (secondary N) is 1. The molecule has 0 atom stereocenters. The van der Waals surface area contributed by atoms with Crippen LogP contribution < -0.4 is 5.32 Å². The summed E-state index contributed by atoms with van der Waals surface area (Å²) in [6.45, 7) is 4.36. The fourth-order valence-electron chi connectivity index (χ4n) is 3.06. The van der Waals surface area contributed by atoms with E-state index in [-0.39, 0.29) is 18.2 Å². The van der Waals surface area contributed by atoms with Crippen LogP contribution in [-0.4, -0.2) is 42.3 Å². The van der Waals surface area contributed by atoms with Crippen LogP contribution in [0.15, 0.2) is 51.9 Å². The van der Waals surface area contributed by atoms with Gasteiger partial charge in [-0.2, -0.15) is 0 Å². The van der Waals surface area contributed by atoms with Gasteiger partial charge in [0.15, 0.2) is 5.13 Å². The lowest BCUT2D eigenvalue weighted by Crippen LogP contribution is -2.37. The van der Waals surface area contributed by atoms with E-state index in [2.05, 4.69) is 20.8 Å². The molecule has 1 aromatic carbocycles. The van der Waals surface area contributed by atoms with Crippen LogP contribution in [0.25, 0.3) is 11.3 Å². The second-order valence-electron chi connectivity index (χ2n) is 6.66. The SMILES string of the molecule is Cc1ccc(-c2csc(NC(=O)C3=CN4CCS(=O)(=O)N=C4C=C3)n2)c(C)c1. The summed E-state index contributed by atoms with van der Waals surface area (Å²) in [4.78, 5) is 18.8. The summed E-state index contributed by atoms with van der Waals surface area (Å²) in [5, 5.41) is 5.23. The van der Waals surface area contributed by atoms with Crippen LogP contribution in [0.2, 0.25) is 0 Å². The van der Waals surface area contributed by atoms with E-state index < -0.39 is 10.0 Å². The number of carbonyl (C=O) groups is 1. The van der Waals surface area contributed by atoms with Crippen molar-refractivity contribution in [3.63, 3.8) is 0 Å². The minimum absolute atomic E-state index is 0.0680. The van der Waals surface area contributed by atoms with Crippen LogP contribution >= 0.6 is 11.3 Å². The third-order valence-electron chi connectivity index (χ3n) is 4.47. The summed E-state index contributed by atoms with van der Waals surface area (Å²) < 4.78 is 26.8. The van der Waals surface area contributed by atoms with Gasteiger partial charge in [-0.25, -0.2) is 13.4 Å². The predicted octanol–water partition coefficient (Wildman–Crippen LogP) is 2.86. The predicted molar refractivity (Wildman–Crippen MR) is 111 cm³/mol. The van der Waals surface area contributed by atoms with Gasteiger partial charge in [0.25, 0.3) is 15.9 Å². The average Bonchev–Trinajstić information content (AvgIpc) is 3.08. The first kappa shape index (κ1) is 18.6. The number of sulfonamides is 1. The lowest BCUT2D eigenvalue weighted by Gasteiger charge is -2.26. The molecule has 9 heteroatoms. The molecule has 2 aliphatic rings. The second-order valence-corrected chi connectivity index (χ2v) is 9.27. The van der Waals surface area contributed by atoms with Crippen molar-refractivity contribution in [3.8, 4) is 11.3 Å². The number of hydrogen-bond donors (Lipinski definition) is 1. The highest BCUT2D eigenvalue weighted by molar-refractivity contribution is 7.90. The first-order valence-electron chi connectivity index (χ1n) is 8.64. The van der Waals surface area contributed by atoms with Crippen molar-refractivity contribution in [2.75, 3.05) is 17.6 Å². The molecule has 0 unspecified atom stereocenters. The number of rotatable bonds is 3. The highest BCUT2D eigenvalue weighted by Crippen LogP contribution is 2.28. The van der Waals surface area contributed by atoms with Crippen molar-refractivity contribution in [2.24, 2.45) is 4.40 Å². The molecule has 1 aromatic heterocycles. The molecule has 4 rings (SSSR count). The molecular formula is C19H18N4O3S2. The molecule has 28 heavy (non-hydrogen) atoms. The number of amidine groups is 1. The van der Waals surface area contributed by atoms with Crippen LogP contribution in [0, 0.1) is 13.8 Å². The van der Waals surface area contributed by atoms with Crippen LogP contribution in [0.3, 0.4) is 0 Å². The number of benzene rings is 1. The van der Waals surface area contributed by atoms with Gasteiger partial charge in [0.1, 0.15) is 5.84 Å². The zero-order chi connectivity index (χ0) is 19.9. The number of amides is 1. The first-order valence-corrected chi connectivity index (χ1v) is 11.1. The molecule has 0 fully saturated rings. The summed E-state index contributed by atoms with van der Waals surface area (Å²) in [5.74, 6) is -0.0407. The van der Waals surface area contributed by atoms with Crippen molar-refractivity contribution in [3.05, 3.63) is 58.6 Å². The molecule has 1 amide bonds. The maximum atomic E-state index is 12.6. The molecule has 1 N–H and O–H groups in total. The molecule has 0 aliphatic carbocycles. The molecule has 2 aliphatic heterocycles. The maximum absolute atomic E-state index is 12.6. The van der Waals surface area contributed by atoms with E-state index in [1.165, 1.54) is 23.0 Å². The number of hydrogen-bond acceptors (Lipinski definition) is 6. The van der Waals surface area contributed by atoms with Crippen LogP contribution in [-0.2, 0) is 14.8 Å². The second kappa shape index (κ2) is 6.99. The summed E-state index contributed by atoms with van der Waals surface area (Å²) in [6.07, 6.45) is 4.71. The number of aryl methyl sites for hydroxylation is 2. The van der Waals surface area contributed by atoms with E-state index in [1.807, 2.05) is 31.4 Å². The van der Waals surface area contributed by atoms with Gasteiger partial charge in [0, 0.05) is 23.7 Å². The average molecular weight is 415 g/mol. The highest BCUT2D eigenvalue weighted by Gasteiger charge is 2.25. The lowest BCUT2D eigenvalue weighted by molar-refractivity contribution is -0.112. The number of anilines is 1. The Bertz CT molecular complexity index is 1160. The van der Waals surface area contributed by atoms with Gasteiger partial charge in [-0.3, -0.25) is 10.1 Å². The zero-order valence-corrected chi connectivity index (χ0v) is 17.0. The lowest BCUT2D eigenvalue weighted by atomic mass is 10.0. The molecule has 144 valence electrons. The van der Waals surface area contributed by atoms with Gasteiger partial charge in [-0.15, -0.1) is 15.7 Å². The Morgan fingerprint density at radius 2 is 2.07 bits per heavy atom. The number of nitrogens with zero attached hydrogens (tertiary/aromatic N) is 3. The number of thiazole rings is 1. The van der Waals surface area contributed by atoms with Crippen molar-refractivity contribution >= 4 is 38.2 Å². The van der Waals surface area contributed by atoms with Crippen molar-refractivity contribution in [1.29, 1.82) is 0 Å². The van der Waals surface area contributed by atoms with E-state index >= 15 is 0 Å². The number of aromatic nitrogens is 1. The minimum atomic E-state index is -3.41. The molecule has 0 saturated carbocycles. The summed E-state index contributed by atoms with van der Waals surface area (Å²) in [6, 6.07) is 6.17. The normalized spacial score (nSPS) is 17.6. The third-order valence-corrected chi connectivity index (χ3v) is 6.39. The van der Waals surface area contributed by atoms with Crippen LogP contribution in [0.4, 0.5) is 5.13 Å². The Labute approximate surface area is 167 Å².